The molecule has 0 radical (unpaired) electrons. The number of nitrogens with one attached hydrogen (secondary N) is 1. The number of nitrogens with zero attached hydrogens (tertiary/aromatic N) is 3. The Morgan fingerprint density at radius 1 is 1.28 bits per heavy atom. The van der Waals surface area contributed by atoms with E-state index in [1.165, 1.54) is 28.1 Å². The molecule has 2 amide bonds. The van der Waals surface area contributed by atoms with Crippen molar-refractivity contribution in [2.45, 2.75) is 50.6 Å². The second kappa shape index (κ2) is 7.77. The van der Waals surface area contributed by atoms with Gasteiger partial charge in [0.05, 0.1) is 12.5 Å². The first-order chi connectivity index (χ1) is 11.8. The summed E-state index contributed by atoms with van der Waals surface area (Å²) in [6.07, 6.45) is 8.33. The molecule has 1 saturated heterocycles. The molecule has 0 atom stereocenters. The van der Waals surface area contributed by atoms with Crippen LogP contribution in [0.2, 0.25) is 4.34 Å². The number of aromatic nitrogens is 1. The molecule has 1 aliphatic heterocycles. The zero-order chi connectivity index (χ0) is 18.0. The van der Waals surface area contributed by atoms with Crippen LogP contribution in [0.15, 0.2) is 6.20 Å². The summed E-state index contributed by atoms with van der Waals surface area (Å²) in [7, 11) is -3.17. The average Bonchev–Trinajstić information content (AvgIpc) is 3.19. The van der Waals surface area contributed by atoms with Gasteiger partial charge in [-0.1, -0.05) is 35.8 Å². The Balaban J connectivity index is 1.70. The van der Waals surface area contributed by atoms with Gasteiger partial charge in [0.25, 0.3) is 0 Å². The lowest BCUT2D eigenvalue weighted by Crippen LogP contribution is -2.53. The van der Waals surface area contributed by atoms with E-state index in [1.54, 1.807) is 0 Å². The van der Waals surface area contributed by atoms with Crippen LogP contribution in [-0.2, 0) is 10.0 Å². The van der Waals surface area contributed by atoms with Crippen LogP contribution in [0.3, 0.4) is 0 Å². The molecule has 10 heteroatoms. The SMILES string of the molecule is CS(=O)(=O)N1CCC(N(C(=O)Nc2ncc(Cl)s2)C2CCCC2)CC1. The van der Waals surface area contributed by atoms with Crippen LogP contribution in [0.1, 0.15) is 38.5 Å². The quantitative estimate of drug-likeness (QED) is 0.833. The molecule has 140 valence electrons. The van der Waals surface area contributed by atoms with Crippen molar-refractivity contribution in [2.75, 3.05) is 24.7 Å². The fourth-order valence-corrected chi connectivity index (χ4v) is 5.41. The van der Waals surface area contributed by atoms with Gasteiger partial charge in [-0.2, -0.15) is 0 Å². The highest BCUT2D eigenvalue weighted by molar-refractivity contribution is 7.88. The molecule has 1 N–H and O–H groups in total. The molecule has 0 bridgehead atoms. The number of amides is 2. The van der Waals surface area contributed by atoms with Crippen LogP contribution in [0.4, 0.5) is 9.93 Å². The second-order valence-corrected chi connectivity index (χ2v) is 10.3. The lowest BCUT2D eigenvalue weighted by atomic mass is 10.0. The van der Waals surface area contributed by atoms with Crippen molar-refractivity contribution in [3.05, 3.63) is 10.5 Å². The standard InChI is InChI=1S/C15H23ClN4O3S2/c1-25(22,23)19-8-6-12(7-9-19)20(11-4-2-3-5-11)15(21)18-14-17-10-13(16)24-14/h10-12H,2-9H2,1H3,(H,17,18,21). The molecular formula is C15H23ClN4O3S2. The summed E-state index contributed by atoms with van der Waals surface area (Å²) in [4.78, 5) is 18.9. The summed E-state index contributed by atoms with van der Waals surface area (Å²) < 4.78 is 25.4. The van der Waals surface area contributed by atoms with Crippen molar-refractivity contribution in [1.29, 1.82) is 0 Å². The molecule has 7 nitrogen and oxygen atoms in total. The first-order valence-corrected chi connectivity index (χ1v) is 11.5. The summed E-state index contributed by atoms with van der Waals surface area (Å²) in [5.41, 5.74) is 0. The van der Waals surface area contributed by atoms with E-state index in [0.717, 1.165) is 25.7 Å². The first kappa shape index (κ1) is 18.9. The Labute approximate surface area is 157 Å². The molecule has 1 aliphatic carbocycles. The molecule has 2 fully saturated rings. The van der Waals surface area contributed by atoms with E-state index in [4.69, 9.17) is 11.6 Å². The minimum absolute atomic E-state index is 0.0523. The molecule has 2 aliphatic rings. The number of urea groups is 1. The van der Waals surface area contributed by atoms with Gasteiger partial charge in [0.15, 0.2) is 5.13 Å². The summed E-state index contributed by atoms with van der Waals surface area (Å²) in [5, 5.41) is 3.35. The highest BCUT2D eigenvalue weighted by atomic mass is 35.5. The van der Waals surface area contributed by atoms with Gasteiger partial charge in [-0.05, 0) is 25.7 Å². The van der Waals surface area contributed by atoms with E-state index in [0.29, 0.717) is 35.4 Å². The summed E-state index contributed by atoms with van der Waals surface area (Å²) in [6.45, 7) is 0.923. The van der Waals surface area contributed by atoms with Crippen molar-refractivity contribution in [3.63, 3.8) is 0 Å². The molecule has 0 spiro atoms. The van der Waals surface area contributed by atoms with Gasteiger partial charge in [0, 0.05) is 25.2 Å². The highest BCUT2D eigenvalue weighted by Gasteiger charge is 2.36. The lowest BCUT2D eigenvalue weighted by Gasteiger charge is -2.40. The molecule has 0 aromatic carbocycles. The largest absolute Gasteiger partial charge is 0.324 e. The number of thiazole rings is 1. The van der Waals surface area contributed by atoms with Gasteiger partial charge >= 0.3 is 6.03 Å². The zero-order valence-corrected chi connectivity index (χ0v) is 16.5. The Morgan fingerprint density at radius 2 is 1.88 bits per heavy atom. The van der Waals surface area contributed by atoms with Gasteiger partial charge in [0.1, 0.15) is 4.34 Å². The number of hydrogen-bond donors (Lipinski definition) is 1. The summed E-state index contributed by atoms with van der Waals surface area (Å²) in [6, 6.07) is 0.109. The Bertz CT molecular complexity index is 710. The van der Waals surface area contributed by atoms with Crippen LogP contribution in [0.25, 0.3) is 0 Å². The molecule has 3 rings (SSSR count). The van der Waals surface area contributed by atoms with Crippen LogP contribution < -0.4 is 5.32 Å². The predicted octanol–water partition coefficient (Wildman–Crippen LogP) is 3.00. The van der Waals surface area contributed by atoms with Crippen LogP contribution >= 0.6 is 22.9 Å². The number of rotatable bonds is 4. The number of piperidine rings is 1. The Hall–Kier alpha value is -0.900. The zero-order valence-electron chi connectivity index (χ0n) is 14.1. The number of carbonyl (C=O) groups excluding carboxylic acids is 1. The molecule has 1 saturated carbocycles. The fourth-order valence-electron chi connectivity index (χ4n) is 3.73. The summed E-state index contributed by atoms with van der Waals surface area (Å²) >= 11 is 7.12. The maximum absolute atomic E-state index is 12.9. The minimum atomic E-state index is -3.17. The molecule has 0 unspecified atom stereocenters. The topological polar surface area (TPSA) is 82.6 Å². The van der Waals surface area contributed by atoms with Crippen LogP contribution in [-0.4, -0.2) is 60.1 Å². The number of halogens is 1. The average molecular weight is 407 g/mol. The number of sulfonamides is 1. The normalized spacial score (nSPS) is 20.7. The number of anilines is 1. The molecule has 25 heavy (non-hydrogen) atoms. The van der Waals surface area contributed by atoms with Crippen LogP contribution in [0, 0.1) is 0 Å². The third-order valence-corrected chi connectivity index (χ3v) is 7.26. The van der Waals surface area contributed by atoms with Crippen molar-refractivity contribution in [3.8, 4) is 0 Å². The van der Waals surface area contributed by atoms with Crippen molar-refractivity contribution in [1.82, 2.24) is 14.2 Å². The smallest absolute Gasteiger partial charge is 0.318 e. The Kier molecular flexibility index (Phi) is 5.87. The van der Waals surface area contributed by atoms with E-state index in [9.17, 15) is 13.2 Å². The Morgan fingerprint density at radius 3 is 2.40 bits per heavy atom. The molecule has 2 heterocycles. The van der Waals surface area contributed by atoms with Gasteiger partial charge in [-0.3, -0.25) is 5.32 Å². The van der Waals surface area contributed by atoms with E-state index in [-0.39, 0.29) is 18.1 Å². The molecule has 1 aromatic heterocycles. The minimum Gasteiger partial charge on any atom is -0.318 e. The van der Waals surface area contributed by atoms with E-state index < -0.39 is 10.0 Å². The van der Waals surface area contributed by atoms with Crippen molar-refractivity contribution in [2.24, 2.45) is 0 Å². The molecular weight excluding hydrogens is 384 g/mol. The maximum Gasteiger partial charge on any atom is 0.324 e. The first-order valence-electron chi connectivity index (χ1n) is 8.50. The number of hydrogen-bond acceptors (Lipinski definition) is 5. The van der Waals surface area contributed by atoms with E-state index in [2.05, 4.69) is 10.3 Å². The predicted molar refractivity (Wildman–Crippen MR) is 99.7 cm³/mol. The van der Waals surface area contributed by atoms with Crippen molar-refractivity contribution >= 4 is 44.1 Å². The van der Waals surface area contributed by atoms with Gasteiger partial charge in [0.2, 0.25) is 10.0 Å². The monoisotopic (exact) mass is 406 g/mol. The third-order valence-electron chi connectivity index (χ3n) is 4.93. The van der Waals surface area contributed by atoms with Gasteiger partial charge < -0.3 is 4.90 Å². The van der Waals surface area contributed by atoms with E-state index in [1.807, 2.05) is 4.90 Å². The van der Waals surface area contributed by atoms with Gasteiger partial charge in [-0.25, -0.2) is 22.5 Å². The second-order valence-electron chi connectivity index (χ2n) is 6.64. The van der Waals surface area contributed by atoms with Crippen LogP contribution in [0.5, 0.6) is 0 Å². The van der Waals surface area contributed by atoms with E-state index >= 15 is 0 Å². The highest BCUT2D eigenvalue weighted by Crippen LogP contribution is 2.30. The van der Waals surface area contributed by atoms with Gasteiger partial charge in [-0.15, -0.1) is 0 Å². The summed E-state index contributed by atoms with van der Waals surface area (Å²) in [5.74, 6) is 0. The third kappa shape index (κ3) is 4.64. The maximum atomic E-state index is 12.9. The van der Waals surface area contributed by atoms with Crippen molar-refractivity contribution < 1.29 is 13.2 Å². The molecule has 1 aromatic rings. The fraction of sp³-hybridized carbons (Fsp3) is 0.733. The number of carbonyl (C=O) groups is 1. The lowest BCUT2D eigenvalue weighted by molar-refractivity contribution is 0.125.